The fourth-order valence-corrected chi connectivity index (χ4v) is 4.04. The Morgan fingerprint density at radius 2 is 2.04 bits per heavy atom. The van der Waals surface area contributed by atoms with Crippen molar-refractivity contribution in [2.24, 2.45) is 4.99 Å². The second-order valence-corrected chi connectivity index (χ2v) is 6.52. The lowest BCUT2D eigenvalue weighted by Gasteiger charge is -2.23. The van der Waals surface area contributed by atoms with Crippen LogP contribution in [0.5, 0.6) is 0 Å². The minimum Gasteiger partial charge on any atom is -0.391 e. The highest BCUT2D eigenvalue weighted by molar-refractivity contribution is 8.14. The van der Waals surface area contributed by atoms with E-state index in [9.17, 15) is 15.2 Å². The first-order chi connectivity index (χ1) is 11.0. The van der Waals surface area contributed by atoms with E-state index in [1.54, 1.807) is 36.9 Å². The molecule has 6 nitrogen and oxygen atoms in total. The quantitative estimate of drug-likeness (QED) is 0.690. The Morgan fingerprint density at radius 1 is 1.35 bits per heavy atom. The highest BCUT2D eigenvalue weighted by Gasteiger charge is 2.30. The van der Waals surface area contributed by atoms with E-state index in [4.69, 9.17) is 0 Å². The summed E-state index contributed by atoms with van der Waals surface area (Å²) in [6, 6.07) is 10.4. The molecule has 0 amide bonds. The number of non-ortho nitro benzene ring substituents is 1. The summed E-state index contributed by atoms with van der Waals surface area (Å²) in [6.45, 7) is 1.77. The van der Waals surface area contributed by atoms with Crippen LogP contribution in [0.1, 0.15) is 6.92 Å². The molecule has 0 radical (unpaired) electrons. The third kappa shape index (κ3) is 2.89. The van der Waals surface area contributed by atoms with E-state index < -0.39 is 6.10 Å². The first-order valence-corrected chi connectivity index (χ1v) is 8.26. The molecule has 2 atom stereocenters. The molecule has 1 saturated heterocycles. The third-order valence-corrected chi connectivity index (χ3v) is 5.18. The fraction of sp³-hybridized carbons (Fsp3) is 0.312. The Kier molecular flexibility index (Phi) is 4.23. The zero-order valence-electron chi connectivity index (χ0n) is 12.8. The number of fused-ring (bicyclic) bond motifs is 1. The molecular weight excluding hydrogens is 314 g/mol. The predicted molar refractivity (Wildman–Crippen MR) is 93.4 cm³/mol. The van der Waals surface area contributed by atoms with Gasteiger partial charge in [0, 0.05) is 24.3 Å². The zero-order chi connectivity index (χ0) is 16.6. The van der Waals surface area contributed by atoms with Crippen LogP contribution >= 0.6 is 11.8 Å². The Labute approximate surface area is 138 Å². The van der Waals surface area contributed by atoms with Crippen molar-refractivity contribution in [2.75, 3.05) is 12.8 Å². The van der Waals surface area contributed by atoms with E-state index in [0.29, 0.717) is 11.1 Å². The maximum atomic E-state index is 11.2. The first-order valence-electron chi connectivity index (χ1n) is 7.27. The smallest absolute Gasteiger partial charge is 0.277 e. The molecule has 2 aromatic rings. The Morgan fingerprint density at radius 3 is 2.65 bits per heavy atom. The molecule has 7 heteroatoms. The molecule has 1 N–H and O–H groups in total. The molecule has 0 saturated carbocycles. The molecule has 0 unspecified atom stereocenters. The van der Waals surface area contributed by atoms with E-state index in [-0.39, 0.29) is 16.7 Å². The van der Waals surface area contributed by atoms with Crippen molar-refractivity contribution in [3.63, 3.8) is 0 Å². The first kappa shape index (κ1) is 15.8. The Balaban J connectivity index is 2.07. The van der Waals surface area contributed by atoms with Crippen LogP contribution in [0, 0.1) is 10.1 Å². The van der Waals surface area contributed by atoms with Gasteiger partial charge in [-0.2, -0.15) is 0 Å². The maximum absolute atomic E-state index is 11.2. The minimum absolute atomic E-state index is 0.0306. The largest absolute Gasteiger partial charge is 0.391 e. The average Bonchev–Trinajstić information content (AvgIpc) is 2.88. The van der Waals surface area contributed by atoms with Gasteiger partial charge in [-0.05, 0) is 19.1 Å². The summed E-state index contributed by atoms with van der Waals surface area (Å²) in [6.07, 6.45) is -0.436. The van der Waals surface area contributed by atoms with Gasteiger partial charge in [0.1, 0.15) is 0 Å². The van der Waals surface area contributed by atoms with Gasteiger partial charge in [-0.15, -0.1) is 0 Å². The number of likely N-dealkylation sites (N-methyl/N-ethyl adjacent to an activating group) is 1. The number of aliphatic hydroxyl groups is 1. The number of nitro benzene ring substituents is 1. The molecule has 23 heavy (non-hydrogen) atoms. The van der Waals surface area contributed by atoms with Gasteiger partial charge < -0.3 is 10.0 Å². The minimum atomic E-state index is -0.436. The molecule has 120 valence electrons. The number of amidine groups is 1. The van der Waals surface area contributed by atoms with Crippen molar-refractivity contribution in [3.05, 3.63) is 46.5 Å². The predicted octanol–water partition coefficient (Wildman–Crippen LogP) is 3.16. The van der Waals surface area contributed by atoms with Crippen LogP contribution in [0.15, 0.2) is 41.4 Å². The van der Waals surface area contributed by atoms with Crippen LogP contribution in [0.3, 0.4) is 0 Å². The Bertz CT molecular complexity index is 791. The number of aliphatic imine (C=N–C) groups is 1. The molecular formula is C16H17N3O3S. The molecule has 2 aromatic carbocycles. The summed E-state index contributed by atoms with van der Waals surface area (Å²) >= 11 is 1.58. The van der Waals surface area contributed by atoms with E-state index in [1.807, 2.05) is 24.1 Å². The number of aliphatic hydroxyl groups excluding tert-OH is 1. The summed E-state index contributed by atoms with van der Waals surface area (Å²) in [5, 5.41) is 23.1. The van der Waals surface area contributed by atoms with Gasteiger partial charge in [0.2, 0.25) is 0 Å². The average molecular weight is 331 g/mol. The van der Waals surface area contributed by atoms with Crippen molar-refractivity contribution in [2.45, 2.75) is 19.1 Å². The van der Waals surface area contributed by atoms with Crippen LogP contribution in [0.25, 0.3) is 10.8 Å². The van der Waals surface area contributed by atoms with Crippen molar-refractivity contribution in [1.29, 1.82) is 0 Å². The summed E-state index contributed by atoms with van der Waals surface area (Å²) in [7, 11) is 1.91. The lowest BCUT2D eigenvalue weighted by molar-refractivity contribution is -0.383. The molecule has 3 rings (SSSR count). The van der Waals surface area contributed by atoms with Gasteiger partial charge in [-0.3, -0.25) is 10.1 Å². The van der Waals surface area contributed by atoms with Gasteiger partial charge in [0.05, 0.1) is 28.1 Å². The van der Waals surface area contributed by atoms with E-state index in [1.165, 1.54) is 6.07 Å². The van der Waals surface area contributed by atoms with Crippen molar-refractivity contribution < 1.29 is 10.0 Å². The second-order valence-electron chi connectivity index (χ2n) is 5.53. The molecule has 1 aliphatic heterocycles. The lowest BCUT2D eigenvalue weighted by Crippen LogP contribution is -2.38. The summed E-state index contributed by atoms with van der Waals surface area (Å²) in [5.41, 5.74) is 0.783. The normalized spacial score (nSPS) is 21.1. The number of hydrogen-bond acceptors (Lipinski definition) is 5. The van der Waals surface area contributed by atoms with Gasteiger partial charge >= 0.3 is 0 Å². The van der Waals surface area contributed by atoms with E-state index in [0.717, 1.165) is 16.3 Å². The van der Waals surface area contributed by atoms with Gasteiger partial charge in [-0.1, -0.05) is 30.0 Å². The number of nitrogens with zero attached hydrogens (tertiary/aromatic N) is 3. The zero-order valence-corrected chi connectivity index (χ0v) is 13.7. The Hall–Kier alpha value is -2.12. The number of benzene rings is 2. The number of nitro groups is 1. The van der Waals surface area contributed by atoms with E-state index >= 15 is 0 Å². The monoisotopic (exact) mass is 331 g/mol. The molecule has 0 aliphatic carbocycles. The topological polar surface area (TPSA) is 79.0 Å². The standard InChI is InChI=1S/C16H17N3O3S/c1-10(20)15-9-23-16(18(15)2)17-13-7-8-14(19(21)22)12-6-4-3-5-11(12)13/h3-8,10,15,20H,9H2,1-2H3/t10-,15-/m1/s1. The number of thioether (sulfide) groups is 1. The van der Waals surface area contributed by atoms with Crippen LogP contribution < -0.4 is 0 Å². The van der Waals surface area contributed by atoms with Crippen LogP contribution in [-0.4, -0.2) is 45.0 Å². The number of hydrogen-bond donors (Lipinski definition) is 1. The second kappa shape index (κ2) is 6.17. The molecule has 0 bridgehead atoms. The lowest BCUT2D eigenvalue weighted by atomic mass is 10.1. The molecule has 1 fully saturated rings. The van der Waals surface area contributed by atoms with E-state index in [2.05, 4.69) is 4.99 Å². The molecule has 1 heterocycles. The number of rotatable bonds is 3. The van der Waals surface area contributed by atoms with Gasteiger partial charge in [0.25, 0.3) is 5.69 Å². The fourth-order valence-electron chi connectivity index (χ4n) is 2.72. The summed E-state index contributed by atoms with van der Waals surface area (Å²) < 4.78 is 0. The van der Waals surface area contributed by atoms with Crippen molar-refractivity contribution in [3.8, 4) is 0 Å². The van der Waals surface area contributed by atoms with Crippen LogP contribution in [-0.2, 0) is 0 Å². The van der Waals surface area contributed by atoms with Gasteiger partial charge in [-0.25, -0.2) is 4.99 Å². The molecule has 1 aliphatic rings. The molecule has 0 aromatic heterocycles. The SMILES string of the molecule is C[C@@H](O)[C@H]1CSC(=Nc2ccc([N+](=O)[O-])c3ccccc23)N1C. The maximum Gasteiger partial charge on any atom is 0.277 e. The summed E-state index contributed by atoms with van der Waals surface area (Å²) in [5.74, 6) is 0.776. The summed E-state index contributed by atoms with van der Waals surface area (Å²) in [4.78, 5) is 17.4. The van der Waals surface area contributed by atoms with Crippen LogP contribution in [0.4, 0.5) is 11.4 Å². The highest BCUT2D eigenvalue weighted by atomic mass is 32.2. The third-order valence-electron chi connectivity index (χ3n) is 4.03. The van der Waals surface area contributed by atoms with Gasteiger partial charge in [0.15, 0.2) is 5.17 Å². The van der Waals surface area contributed by atoms with Crippen LogP contribution in [0.2, 0.25) is 0 Å². The van der Waals surface area contributed by atoms with Crippen molar-refractivity contribution in [1.82, 2.24) is 4.90 Å². The van der Waals surface area contributed by atoms with Crippen molar-refractivity contribution >= 4 is 39.1 Å². The molecule has 0 spiro atoms. The highest BCUT2D eigenvalue weighted by Crippen LogP contribution is 2.35.